The van der Waals surface area contributed by atoms with Gasteiger partial charge in [0.25, 0.3) is 5.56 Å². The van der Waals surface area contributed by atoms with E-state index in [9.17, 15) is 14.7 Å². The number of nitrogens with zero attached hydrogens (tertiary/aromatic N) is 1. The van der Waals surface area contributed by atoms with Gasteiger partial charge in [-0.15, -0.1) is 0 Å². The highest BCUT2D eigenvalue weighted by Gasteiger charge is 2.41. The van der Waals surface area contributed by atoms with Crippen molar-refractivity contribution in [3.63, 3.8) is 0 Å². The second-order valence-electron chi connectivity index (χ2n) is 8.66. The quantitative estimate of drug-likeness (QED) is 0.458. The standard InChI is InChI=1S/C25H25N3O3/c1-25(24(30)31)10-4-5-11-28(25)15-16-8-9-21-18(12-16)14-22(26-21)19-13-17-6-2-3-7-20(17)27-23(19)29/h2-3,6-9,12-14,26H,4-5,10-11,15H2,1H3,(H,27,29)(H,30,31). The predicted molar refractivity (Wildman–Crippen MR) is 122 cm³/mol. The van der Waals surface area contributed by atoms with Crippen molar-refractivity contribution in [1.82, 2.24) is 14.9 Å². The average Bonchev–Trinajstić information content (AvgIpc) is 3.18. The Morgan fingerprint density at radius 1 is 1.03 bits per heavy atom. The first-order chi connectivity index (χ1) is 14.9. The van der Waals surface area contributed by atoms with Crippen LogP contribution in [0.4, 0.5) is 0 Å². The molecule has 0 spiro atoms. The topological polar surface area (TPSA) is 89.2 Å². The molecule has 1 aliphatic rings. The molecule has 1 unspecified atom stereocenters. The lowest BCUT2D eigenvalue weighted by Crippen LogP contribution is -2.54. The minimum Gasteiger partial charge on any atom is -0.480 e. The molecule has 6 nitrogen and oxygen atoms in total. The van der Waals surface area contributed by atoms with Crippen LogP contribution in [0.5, 0.6) is 0 Å². The summed E-state index contributed by atoms with van der Waals surface area (Å²) in [4.78, 5) is 32.9. The lowest BCUT2D eigenvalue weighted by molar-refractivity contribution is -0.153. The molecule has 1 fully saturated rings. The molecule has 158 valence electrons. The first-order valence-corrected chi connectivity index (χ1v) is 10.7. The Hall–Kier alpha value is -3.38. The monoisotopic (exact) mass is 415 g/mol. The molecule has 1 saturated heterocycles. The van der Waals surface area contributed by atoms with Gasteiger partial charge in [-0.05, 0) is 74.0 Å². The number of para-hydroxylation sites is 1. The summed E-state index contributed by atoms with van der Waals surface area (Å²) >= 11 is 0. The number of nitrogens with one attached hydrogen (secondary N) is 2. The molecule has 2 aromatic carbocycles. The number of likely N-dealkylation sites (tertiary alicyclic amines) is 1. The van der Waals surface area contributed by atoms with E-state index in [0.29, 0.717) is 18.5 Å². The zero-order valence-corrected chi connectivity index (χ0v) is 17.4. The molecule has 0 amide bonds. The fourth-order valence-corrected chi connectivity index (χ4v) is 4.67. The third-order valence-corrected chi connectivity index (χ3v) is 6.60. The van der Waals surface area contributed by atoms with Crippen molar-refractivity contribution >= 4 is 27.8 Å². The number of aromatic nitrogens is 2. The number of fused-ring (bicyclic) bond motifs is 2. The first kappa shape index (κ1) is 19.6. The van der Waals surface area contributed by atoms with E-state index in [0.717, 1.165) is 52.4 Å². The zero-order chi connectivity index (χ0) is 21.6. The van der Waals surface area contributed by atoms with Crippen molar-refractivity contribution < 1.29 is 9.90 Å². The van der Waals surface area contributed by atoms with Gasteiger partial charge in [0.15, 0.2) is 0 Å². The Bertz CT molecular complexity index is 1350. The van der Waals surface area contributed by atoms with E-state index in [1.165, 1.54) is 0 Å². The third-order valence-electron chi connectivity index (χ3n) is 6.60. The SMILES string of the molecule is CC1(C(=O)O)CCCCN1Cc1ccc2[nH]c(-c3cc4ccccc4[nH]c3=O)cc2c1. The number of hydrogen-bond donors (Lipinski definition) is 3. The highest BCUT2D eigenvalue weighted by Crippen LogP contribution is 2.31. The van der Waals surface area contributed by atoms with Gasteiger partial charge in [0, 0.05) is 23.0 Å². The fourth-order valence-electron chi connectivity index (χ4n) is 4.67. The highest BCUT2D eigenvalue weighted by atomic mass is 16.4. The first-order valence-electron chi connectivity index (χ1n) is 10.7. The van der Waals surface area contributed by atoms with Crippen LogP contribution in [0, 0.1) is 0 Å². The van der Waals surface area contributed by atoms with Crippen LogP contribution in [0.25, 0.3) is 33.1 Å². The molecule has 6 heteroatoms. The molecule has 0 aliphatic carbocycles. The molecule has 5 rings (SSSR count). The molecule has 1 aliphatic heterocycles. The molecule has 3 heterocycles. The Kier molecular flexibility index (Phi) is 4.67. The Morgan fingerprint density at radius 3 is 2.68 bits per heavy atom. The summed E-state index contributed by atoms with van der Waals surface area (Å²) in [5.41, 5.74) is 3.26. The van der Waals surface area contributed by atoms with Crippen molar-refractivity contribution in [2.75, 3.05) is 6.54 Å². The maximum Gasteiger partial charge on any atom is 0.323 e. The highest BCUT2D eigenvalue weighted by molar-refractivity contribution is 5.89. The van der Waals surface area contributed by atoms with Gasteiger partial charge in [0.2, 0.25) is 0 Å². The number of pyridine rings is 1. The maximum absolute atomic E-state index is 12.6. The number of carbonyl (C=O) groups is 1. The van der Waals surface area contributed by atoms with Gasteiger partial charge in [-0.2, -0.15) is 0 Å². The van der Waals surface area contributed by atoms with E-state index in [1.807, 2.05) is 55.5 Å². The number of H-pyrrole nitrogens is 2. The van der Waals surface area contributed by atoms with Gasteiger partial charge < -0.3 is 15.1 Å². The van der Waals surface area contributed by atoms with Crippen LogP contribution in [0.1, 0.15) is 31.7 Å². The summed E-state index contributed by atoms with van der Waals surface area (Å²) in [6.45, 7) is 3.20. The number of piperidine rings is 1. The fraction of sp³-hybridized carbons (Fsp3) is 0.280. The van der Waals surface area contributed by atoms with Crippen molar-refractivity contribution in [2.24, 2.45) is 0 Å². The molecule has 3 N–H and O–H groups in total. The molecule has 1 atom stereocenters. The molecular formula is C25H25N3O3. The minimum atomic E-state index is -0.825. The number of aromatic amines is 2. The molecule has 2 aromatic heterocycles. The molecule has 4 aromatic rings. The van der Waals surface area contributed by atoms with Gasteiger partial charge in [0.05, 0.1) is 11.3 Å². The second kappa shape index (κ2) is 7.39. The maximum atomic E-state index is 12.6. The van der Waals surface area contributed by atoms with E-state index in [1.54, 1.807) is 0 Å². The lowest BCUT2D eigenvalue weighted by Gasteiger charge is -2.41. The smallest absolute Gasteiger partial charge is 0.323 e. The van der Waals surface area contributed by atoms with Crippen molar-refractivity contribution in [3.8, 4) is 11.3 Å². The normalized spacial score (nSPS) is 19.8. The van der Waals surface area contributed by atoms with E-state index < -0.39 is 11.5 Å². The van der Waals surface area contributed by atoms with Crippen LogP contribution in [-0.2, 0) is 11.3 Å². The number of hydrogen-bond acceptors (Lipinski definition) is 3. The van der Waals surface area contributed by atoms with Gasteiger partial charge in [-0.25, -0.2) is 0 Å². The number of benzene rings is 2. The van der Waals surface area contributed by atoms with E-state index in [2.05, 4.69) is 20.9 Å². The third kappa shape index (κ3) is 3.43. The Morgan fingerprint density at radius 2 is 1.84 bits per heavy atom. The molecular weight excluding hydrogens is 390 g/mol. The molecule has 0 saturated carbocycles. The van der Waals surface area contributed by atoms with E-state index >= 15 is 0 Å². The number of rotatable bonds is 4. The van der Waals surface area contributed by atoms with Crippen LogP contribution in [-0.4, -0.2) is 38.0 Å². The Balaban J connectivity index is 1.49. The van der Waals surface area contributed by atoms with Gasteiger partial charge in [-0.1, -0.05) is 24.3 Å². The van der Waals surface area contributed by atoms with Crippen LogP contribution in [0.2, 0.25) is 0 Å². The summed E-state index contributed by atoms with van der Waals surface area (Å²) in [6, 6.07) is 17.7. The molecule has 31 heavy (non-hydrogen) atoms. The molecule has 0 bridgehead atoms. The predicted octanol–water partition coefficient (Wildman–Crippen LogP) is 4.51. The summed E-state index contributed by atoms with van der Waals surface area (Å²) in [5.74, 6) is -0.757. The average molecular weight is 415 g/mol. The van der Waals surface area contributed by atoms with E-state index in [4.69, 9.17) is 0 Å². The van der Waals surface area contributed by atoms with Crippen LogP contribution in [0.3, 0.4) is 0 Å². The largest absolute Gasteiger partial charge is 0.480 e. The van der Waals surface area contributed by atoms with Crippen molar-refractivity contribution in [1.29, 1.82) is 0 Å². The lowest BCUT2D eigenvalue weighted by atomic mass is 9.88. The number of carboxylic acids is 1. The zero-order valence-electron chi connectivity index (χ0n) is 17.4. The van der Waals surface area contributed by atoms with Gasteiger partial charge >= 0.3 is 5.97 Å². The number of carboxylic acid groups (broad SMARTS) is 1. The van der Waals surface area contributed by atoms with Gasteiger partial charge in [-0.3, -0.25) is 14.5 Å². The number of aliphatic carboxylic acids is 1. The van der Waals surface area contributed by atoms with E-state index in [-0.39, 0.29) is 5.56 Å². The second-order valence-corrected chi connectivity index (χ2v) is 8.66. The van der Waals surface area contributed by atoms with Crippen molar-refractivity contribution in [3.05, 3.63) is 70.5 Å². The van der Waals surface area contributed by atoms with Crippen molar-refractivity contribution in [2.45, 2.75) is 38.3 Å². The Labute approximate surface area is 179 Å². The van der Waals surface area contributed by atoms with Crippen LogP contribution >= 0.6 is 0 Å². The summed E-state index contributed by atoms with van der Waals surface area (Å²) in [7, 11) is 0. The van der Waals surface area contributed by atoms with Gasteiger partial charge in [0.1, 0.15) is 5.54 Å². The minimum absolute atomic E-state index is 0.129. The summed E-state index contributed by atoms with van der Waals surface area (Å²) in [6.07, 6.45) is 2.63. The summed E-state index contributed by atoms with van der Waals surface area (Å²) < 4.78 is 0. The van der Waals surface area contributed by atoms with Crippen LogP contribution in [0.15, 0.2) is 59.4 Å². The van der Waals surface area contributed by atoms with Crippen LogP contribution < -0.4 is 5.56 Å². The molecule has 0 radical (unpaired) electrons. The summed E-state index contributed by atoms with van der Waals surface area (Å²) in [5, 5.41) is 11.8.